The van der Waals surface area contributed by atoms with Gasteiger partial charge in [0.15, 0.2) is 0 Å². The van der Waals surface area contributed by atoms with Gasteiger partial charge in [-0.3, -0.25) is 0 Å². The Hall–Kier alpha value is -1.28. The van der Waals surface area contributed by atoms with Gasteiger partial charge in [-0.15, -0.1) is 0 Å². The Bertz CT molecular complexity index is 568. The molecule has 3 rings (SSSR count). The van der Waals surface area contributed by atoms with Crippen molar-refractivity contribution in [3.8, 4) is 0 Å². The minimum absolute atomic E-state index is 0.286. The molecule has 2 heteroatoms. The Morgan fingerprint density at radius 2 is 2.00 bits per heavy atom. The molecule has 1 aromatic heterocycles. The Morgan fingerprint density at radius 3 is 2.68 bits per heavy atom. The molecular weight excluding hydrogens is 234 g/mol. The van der Waals surface area contributed by atoms with Gasteiger partial charge in [0.1, 0.15) is 11.3 Å². The van der Waals surface area contributed by atoms with E-state index in [1.807, 2.05) is 12.1 Å². The van der Waals surface area contributed by atoms with Crippen LogP contribution in [0.2, 0.25) is 0 Å². The van der Waals surface area contributed by atoms with Crippen LogP contribution in [0, 0.1) is 18.8 Å². The van der Waals surface area contributed by atoms with Crippen molar-refractivity contribution in [2.24, 2.45) is 11.8 Å². The fraction of sp³-hybridized carbons (Fsp3) is 0.529. The average Bonchev–Trinajstić information content (AvgIpc) is 3.21. The predicted octanol–water partition coefficient (Wildman–Crippen LogP) is 4.44. The van der Waals surface area contributed by atoms with Crippen LogP contribution in [0.25, 0.3) is 11.0 Å². The SMILES string of the molecule is Cc1c(C(C)NCC(C)C2CC2)oc2ccccc12. The zero-order valence-corrected chi connectivity index (χ0v) is 12.1. The van der Waals surface area contributed by atoms with Crippen LogP contribution in [-0.4, -0.2) is 6.54 Å². The number of furan rings is 1. The van der Waals surface area contributed by atoms with E-state index in [9.17, 15) is 0 Å². The van der Waals surface area contributed by atoms with Gasteiger partial charge in [-0.25, -0.2) is 0 Å². The molecular formula is C17H23NO. The van der Waals surface area contributed by atoms with Crippen molar-refractivity contribution < 1.29 is 4.42 Å². The lowest BCUT2D eigenvalue weighted by atomic mass is 10.1. The van der Waals surface area contributed by atoms with Crippen molar-refractivity contribution in [1.82, 2.24) is 5.32 Å². The van der Waals surface area contributed by atoms with Crippen LogP contribution in [0.15, 0.2) is 28.7 Å². The summed E-state index contributed by atoms with van der Waals surface area (Å²) < 4.78 is 6.01. The Balaban J connectivity index is 1.73. The van der Waals surface area contributed by atoms with E-state index in [0.29, 0.717) is 0 Å². The van der Waals surface area contributed by atoms with Gasteiger partial charge in [0.25, 0.3) is 0 Å². The second kappa shape index (κ2) is 5.01. The minimum Gasteiger partial charge on any atom is -0.459 e. The molecule has 102 valence electrons. The lowest BCUT2D eigenvalue weighted by molar-refractivity contribution is 0.394. The summed E-state index contributed by atoms with van der Waals surface area (Å²) in [5.41, 5.74) is 2.27. The highest BCUT2D eigenvalue weighted by molar-refractivity contribution is 5.82. The fourth-order valence-electron chi connectivity index (χ4n) is 2.89. The summed E-state index contributed by atoms with van der Waals surface area (Å²) in [6.45, 7) is 7.79. The van der Waals surface area contributed by atoms with Gasteiger partial charge in [0, 0.05) is 5.39 Å². The van der Waals surface area contributed by atoms with Crippen LogP contribution in [0.3, 0.4) is 0 Å². The molecule has 1 heterocycles. The van der Waals surface area contributed by atoms with Crippen LogP contribution in [0.5, 0.6) is 0 Å². The molecule has 2 nitrogen and oxygen atoms in total. The second-order valence-corrected chi connectivity index (χ2v) is 6.03. The van der Waals surface area contributed by atoms with Crippen molar-refractivity contribution in [1.29, 1.82) is 0 Å². The van der Waals surface area contributed by atoms with Gasteiger partial charge < -0.3 is 9.73 Å². The van der Waals surface area contributed by atoms with Crippen LogP contribution in [-0.2, 0) is 0 Å². The highest BCUT2D eigenvalue weighted by Gasteiger charge is 2.28. The molecule has 0 saturated heterocycles. The lowest BCUT2D eigenvalue weighted by Gasteiger charge is -2.16. The van der Waals surface area contributed by atoms with Crippen molar-refractivity contribution in [2.75, 3.05) is 6.54 Å². The summed E-state index contributed by atoms with van der Waals surface area (Å²) >= 11 is 0. The molecule has 0 aliphatic heterocycles. The molecule has 0 radical (unpaired) electrons. The molecule has 1 N–H and O–H groups in total. The molecule has 1 saturated carbocycles. The molecule has 0 bridgehead atoms. The Kier molecular flexibility index (Phi) is 3.36. The number of fused-ring (bicyclic) bond motifs is 1. The molecule has 2 aromatic rings. The first kappa shape index (κ1) is 12.7. The molecule has 2 unspecified atom stereocenters. The Morgan fingerprint density at radius 1 is 1.26 bits per heavy atom. The molecule has 1 aliphatic rings. The van der Waals surface area contributed by atoms with Gasteiger partial charge in [-0.1, -0.05) is 25.1 Å². The zero-order valence-electron chi connectivity index (χ0n) is 12.1. The van der Waals surface area contributed by atoms with Crippen LogP contribution in [0.1, 0.15) is 44.1 Å². The normalized spacial score (nSPS) is 18.7. The van der Waals surface area contributed by atoms with E-state index in [4.69, 9.17) is 4.42 Å². The molecule has 0 amide bonds. The standard InChI is InChI=1S/C17H23NO/c1-11(14-8-9-14)10-18-13(3)17-12(2)15-6-4-5-7-16(15)19-17/h4-7,11,13-14,18H,8-10H2,1-3H3. The second-order valence-electron chi connectivity index (χ2n) is 6.03. The predicted molar refractivity (Wildman–Crippen MR) is 79.3 cm³/mol. The van der Waals surface area contributed by atoms with E-state index >= 15 is 0 Å². The van der Waals surface area contributed by atoms with Gasteiger partial charge in [0.2, 0.25) is 0 Å². The van der Waals surface area contributed by atoms with Crippen molar-refractivity contribution in [2.45, 2.75) is 39.7 Å². The average molecular weight is 257 g/mol. The number of para-hydroxylation sites is 1. The summed E-state index contributed by atoms with van der Waals surface area (Å²) in [6.07, 6.45) is 2.84. The summed E-state index contributed by atoms with van der Waals surface area (Å²) in [7, 11) is 0. The topological polar surface area (TPSA) is 25.2 Å². The van der Waals surface area contributed by atoms with Crippen molar-refractivity contribution >= 4 is 11.0 Å². The number of hydrogen-bond acceptors (Lipinski definition) is 2. The first-order valence-electron chi connectivity index (χ1n) is 7.38. The summed E-state index contributed by atoms with van der Waals surface area (Å²) in [5.74, 6) is 2.83. The molecule has 19 heavy (non-hydrogen) atoms. The molecule has 0 spiro atoms. The lowest BCUT2D eigenvalue weighted by Crippen LogP contribution is -2.25. The van der Waals surface area contributed by atoms with Crippen LogP contribution in [0.4, 0.5) is 0 Å². The highest BCUT2D eigenvalue weighted by atomic mass is 16.3. The van der Waals surface area contributed by atoms with Crippen molar-refractivity contribution in [3.05, 3.63) is 35.6 Å². The van der Waals surface area contributed by atoms with E-state index in [0.717, 1.165) is 29.7 Å². The van der Waals surface area contributed by atoms with Crippen LogP contribution < -0.4 is 5.32 Å². The molecule has 1 aliphatic carbocycles. The van der Waals surface area contributed by atoms with Gasteiger partial charge in [-0.2, -0.15) is 0 Å². The number of nitrogens with one attached hydrogen (secondary N) is 1. The van der Waals surface area contributed by atoms with Gasteiger partial charge in [0.05, 0.1) is 6.04 Å². The first-order valence-corrected chi connectivity index (χ1v) is 7.38. The van der Waals surface area contributed by atoms with E-state index in [-0.39, 0.29) is 6.04 Å². The maximum Gasteiger partial charge on any atom is 0.134 e. The first-order chi connectivity index (χ1) is 9.16. The monoisotopic (exact) mass is 257 g/mol. The number of rotatable bonds is 5. The van der Waals surface area contributed by atoms with Gasteiger partial charge >= 0.3 is 0 Å². The maximum absolute atomic E-state index is 6.01. The van der Waals surface area contributed by atoms with E-state index in [1.165, 1.54) is 23.8 Å². The molecule has 2 atom stereocenters. The quantitative estimate of drug-likeness (QED) is 0.856. The van der Waals surface area contributed by atoms with Crippen molar-refractivity contribution in [3.63, 3.8) is 0 Å². The minimum atomic E-state index is 0.286. The van der Waals surface area contributed by atoms with E-state index in [2.05, 4.69) is 38.2 Å². The Labute approximate surface area is 115 Å². The highest BCUT2D eigenvalue weighted by Crippen LogP contribution is 2.36. The number of benzene rings is 1. The summed E-state index contributed by atoms with van der Waals surface area (Å²) in [5, 5.41) is 4.87. The number of hydrogen-bond donors (Lipinski definition) is 1. The third-order valence-electron chi connectivity index (χ3n) is 4.45. The van der Waals surface area contributed by atoms with E-state index < -0.39 is 0 Å². The summed E-state index contributed by atoms with van der Waals surface area (Å²) in [4.78, 5) is 0. The fourth-order valence-corrected chi connectivity index (χ4v) is 2.89. The maximum atomic E-state index is 6.01. The van der Waals surface area contributed by atoms with Crippen LogP contribution >= 0.6 is 0 Å². The third kappa shape index (κ3) is 2.55. The third-order valence-corrected chi connectivity index (χ3v) is 4.45. The largest absolute Gasteiger partial charge is 0.459 e. The molecule has 1 aromatic carbocycles. The zero-order chi connectivity index (χ0) is 13.4. The van der Waals surface area contributed by atoms with E-state index in [1.54, 1.807) is 0 Å². The number of aryl methyl sites for hydroxylation is 1. The smallest absolute Gasteiger partial charge is 0.134 e. The summed E-state index contributed by atoms with van der Waals surface area (Å²) in [6, 6.07) is 8.57. The molecule has 1 fully saturated rings. The van der Waals surface area contributed by atoms with Gasteiger partial charge in [-0.05, 0) is 56.7 Å².